The summed E-state index contributed by atoms with van der Waals surface area (Å²) in [7, 11) is 0. The molecule has 3 heteroatoms. The molecule has 0 amide bonds. The van der Waals surface area contributed by atoms with E-state index in [0.29, 0.717) is 0 Å². The SMILES string of the molecule is [2H]c1cc([2H])c([2H])c(CC(N)C(=O)O)c1[2H]. The second kappa shape index (κ2) is 3.88. The number of nitrogens with two attached hydrogens (primary N) is 1. The predicted octanol–water partition coefficient (Wildman–Crippen LogP) is 0.641. The zero-order valence-corrected chi connectivity index (χ0v) is 6.29. The molecule has 1 rings (SSSR count). The first kappa shape index (κ1) is 4.62. The molecule has 0 fully saturated rings. The maximum Gasteiger partial charge on any atom is 0.320 e. The van der Waals surface area contributed by atoms with Gasteiger partial charge in [0.25, 0.3) is 0 Å². The van der Waals surface area contributed by atoms with E-state index in [1.165, 1.54) is 0 Å². The maximum absolute atomic E-state index is 10.6. The van der Waals surface area contributed by atoms with Gasteiger partial charge in [-0.25, -0.2) is 0 Å². The second-order valence-corrected chi connectivity index (χ2v) is 2.31. The van der Waals surface area contributed by atoms with E-state index in [1.54, 1.807) is 0 Å². The summed E-state index contributed by atoms with van der Waals surface area (Å²) >= 11 is 0. The fourth-order valence-electron chi connectivity index (χ4n) is 0.723. The minimum atomic E-state index is -1.24. The van der Waals surface area contributed by atoms with Gasteiger partial charge in [0.1, 0.15) is 6.04 Å². The molecule has 0 aliphatic rings. The van der Waals surface area contributed by atoms with Crippen molar-refractivity contribution in [1.29, 1.82) is 0 Å². The molecule has 12 heavy (non-hydrogen) atoms. The topological polar surface area (TPSA) is 63.3 Å². The van der Waals surface area contributed by atoms with Crippen molar-refractivity contribution in [2.45, 2.75) is 12.5 Å². The first-order chi connectivity index (χ1) is 7.34. The van der Waals surface area contributed by atoms with Crippen molar-refractivity contribution in [1.82, 2.24) is 0 Å². The maximum atomic E-state index is 10.6. The van der Waals surface area contributed by atoms with E-state index in [2.05, 4.69) is 0 Å². The average molecular weight is 169 g/mol. The van der Waals surface area contributed by atoms with Crippen LogP contribution in [0, 0.1) is 0 Å². The molecule has 0 radical (unpaired) electrons. The smallest absolute Gasteiger partial charge is 0.320 e. The molecular weight excluding hydrogens is 154 g/mol. The summed E-state index contributed by atoms with van der Waals surface area (Å²) in [6.45, 7) is 0. The molecule has 0 aliphatic carbocycles. The van der Waals surface area contributed by atoms with E-state index >= 15 is 0 Å². The van der Waals surface area contributed by atoms with Crippen molar-refractivity contribution in [3.8, 4) is 0 Å². The average Bonchev–Trinajstić information content (AvgIpc) is 2.21. The summed E-state index contributed by atoms with van der Waals surface area (Å²) in [6.07, 6.45) is -0.217. The van der Waals surface area contributed by atoms with Crippen LogP contribution in [-0.2, 0) is 11.2 Å². The number of carboxylic acids is 1. The van der Waals surface area contributed by atoms with Gasteiger partial charge in [-0.15, -0.1) is 0 Å². The van der Waals surface area contributed by atoms with Gasteiger partial charge in [0.15, 0.2) is 0 Å². The minimum Gasteiger partial charge on any atom is -0.480 e. The molecule has 1 aromatic carbocycles. The third kappa shape index (κ3) is 2.36. The molecule has 0 aliphatic heterocycles. The lowest BCUT2D eigenvalue weighted by atomic mass is 10.1. The van der Waals surface area contributed by atoms with Crippen molar-refractivity contribution >= 4 is 5.97 Å². The Labute approximate surface area is 76.4 Å². The highest BCUT2D eigenvalue weighted by atomic mass is 16.4. The number of hydrogen-bond donors (Lipinski definition) is 2. The molecule has 0 heterocycles. The molecule has 3 nitrogen and oxygen atoms in total. The van der Waals surface area contributed by atoms with Crippen LogP contribution in [0.15, 0.2) is 30.2 Å². The number of aliphatic carboxylic acids is 1. The van der Waals surface area contributed by atoms with Gasteiger partial charge in [-0.2, -0.15) is 0 Å². The first-order valence-corrected chi connectivity index (χ1v) is 3.39. The Morgan fingerprint density at radius 2 is 2.25 bits per heavy atom. The third-order valence-electron chi connectivity index (χ3n) is 1.33. The predicted molar refractivity (Wildman–Crippen MR) is 45.8 cm³/mol. The normalized spacial score (nSPS) is 17.1. The zero-order valence-electron chi connectivity index (χ0n) is 10.3. The van der Waals surface area contributed by atoms with Gasteiger partial charge < -0.3 is 10.8 Å². The molecule has 0 bridgehead atoms. The highest BCUT2D eigenvalue weighted by molar-refractivity contribution is 5.73. The number of carbonyl (C=O) groups is 1. The molecule has 0 spiro atoms. The van der Waals surface area contributed by atoms with Crippen LogP contribution >= 0.6 is 0 Å². The van der Waals surface area contributed by atoms with Gasteiger partial charge in [-0.05, 0) is 12.0 Å². The monoisotopic (exact) mass is 169 g/mol. The number of benzene rings is 1. The molecule has 0 saturated carbocycles. The Hall–Kier alpha value is -1.35. The summed E-state index contributed by atoms with van der Waals surface area (Å²) in [5.41, 5.74) is 5.33. The molecule has 0 saturated heterocycles. The van der Waals surface area contributed by atoms with Crippen LogP contribution in [0.1, 0.15) is 11.0 Å². The number of carboxylic acid groups (broad SMARTS) is 1. The molecule has 1 atom stereocenters. The van der Waals surface area contributed by atoms with Crippen molar-refractivity contribution in [2.24, 2.45) is 5.73 Å². The summed E-state index contributed by atoms with van der Waals surface area (Å²) in [6, 6.07) is -1.02. The van der Waals surface area contributed by atoms with Gasteiger partial charge in [-0.3, -0.25) is 4.79 Å². The van der Waals surface area contributed by atoms with Crippen LogP contribution in [0.4, 0.5) is 0 Å². The van der Waals surface area contributed by atoms with Crippen LogP contribution in [0.5, 0.6) is 0 Å². The third-order valence-corrected chi connectivity index (χ3v) is 1.33. The van der Waals surface area contributed by atoms with Gasteiger partial charge in [-0.1, -0.05) is 30.2 Å². The Morgan fingerprint density at radius 3 is 2.75 bits per heavy atom. The first-order valence-electron chi connectivity index (χ1n) is 5.39. The Morgan fingerprint density at radius 1 is 1.67 bits per heavy atom. The number of hydrogen-bond acceptors (Lipinski definition) is 2. The van der Waals surface area contributed by atoms with E-state index in [-0.39, 0.29) is 36.2 Å². The number of rotatable bonds is 3. The minimum absolute atomic E-state index is 0.0346. The van der Waals surface area contributed by atoms with Crippen molar-refractivity contribution in [3.05, 3.63) is 35.8 Å². The Balaban J connectivity index is 3.17. The van der Waals surface area contributed by atoms with E-state index in [1.807, 2.05) is 0 Å². The van der Waals surface area contributed by atoms with Crippen molar-refractivity contribution in [3.63, 3.8) is 0 Å². The van der Waals surface area contributed by atoms with E-state index in [9.17, 15) is 4.79 Å². The van der Waals surface area contributed by atoms with Crippen LogP contribution in [0.2, 0.25) is 0 Å². The molecule has 0 aromatic heterocycles. The van der Waals surface area contributed by atoms with Gasteiger partial charge in [0.2, 0.25) is 0 Å². The second-order valence-electron chi connectivity index (χ2n) is 2.31. The van der Waals surface area contributed by atoms with Gasteiger partial charge >= 0.3 is 5.97 Å². The Kier molecular flexibility index (Phi) is 1.49. The van der Waals surface area contributed by atoms with Crippen LogP contribution in [0.25, 0.3) is 0 Å². The summed E-state index contributed by atoms with van der Waals surface area (Å²) in [5, 5.41) is 8.62. The Bertz CT molecular complexity index is 410. The standard InChI is InChI=1S/C9H11NO2/c10-8(9(11)12)6-7-4-2-1-3-5-7/h1-5,8H,6,10H2,(H,11,12)/i2D,3D,4D,5D. The zero-order chi connectivity index (χ0) is 12.5. The fraction of sp³-hybridized carbons (Fsp3) is 0.222. The van der Waals surface area contributed by atoms with Gasteiger partial charge in [0, 0.05) is 0 Å². The van der Waals surface area contributed by atoms with Crippen LogP contribution in [0.3, 0.4) is 0 Å². The van der Waals surface area contributed by atoms with E-state index < -0.39 is 12.0 Å². The lowest BCUT2D eigenvalue weighted by Crippen LogP contribution is -2.32. The van der Waals surface area contributed by atoms with Crippen molar-refractivity contribution in [2.75, 3.05) is 0 Å². The lowest BCUT2D eigenvalue weighted by Gasteiger charge is -2.04. The lowest BCUT2D eigenvalue weighted by molar-refractivity contribution is -0.138. The van der Waals surface area contributed by atoms with E-state index in [0.717, 1.165) is 6.07 Å². The molecule has 1 aromatic rings. The summed E-state index contributed by atoms with van der Waals surface area (Å²) in [5.74, 6) is -1.24. The largest absolute Gasteiger partial charge is 0.480 e. The van der Waals surface area contributed by atoms with Crippen molar-refractivity contribution < 1.29 is 15.4 Å². The summed E-state index contributed by atoms with van der Waals surface area (Å²) in [4.78, 5) is 10.6. The van der Waals surface area contributed by atoms with E-state index in [4.69, 9.17) is 16.3 Å². The van der Waals surface area contributed by atoms with Crippen LogP contribution in [-0.4, -0.2) is 17.1 Å². The molecule has 1 unspecified atom stereocenters. The quantitative estimate of drug-likeness (QED) is 0.698. The van der Waals surface area contributed by atoms with Gasteiger partial charge in [0.05, 0.1) is 5.48 Å². The summed E-state index contributed by atoms with van der Waals surface area (Å²) < 4.78 is 29.8. The molecular formula is C9H11NO2. The highest BCUT2D eigenvalue weighted by Gasteiger charge is 2.10. The fourth-order valence-corrected chi connectivity index (χ4v) is 0.723. The highest BCUT2D eigenvalue weighted by Crippen LogP contribution is 2.01. The van der Waals surface area contributed by atoms with Crippen LogP contribution < -0.4 is 5.73 Å². The molecule has 64 valence electrons. The molecule has 3 N–H and O–H groups in total.